The molecule has 122 valence electrons. The van der Waals surface area contributed by atoms with Crippen LogP contribution in [-0.2, 0) is 5.41 Å². The lowest BCUT2D eigenvalue weighted by molar-refractivity contribution is 0.102. The predicted octanol–water partition coefficient (Wildman–Crippen LogP) is 5.05. The van der Waals surface area contributed by atoms with E-state index in [1.807, 2.05) is 30.3 Å². The van der Waals surface area contributed by atoms with E-state index in [1.165, 1.54) is 4.90 Å². The Balaban J connectivity index is 2.20. The summed E-state index contributed by atoms with van der Waals surface area (Å²) in [7, 11) is 0. The molecule has 2 N–H and O–H groups in total. The molecule has 0 radical (unpaired) electrons. The van der Waals surface area contributed by atoms with Crippen LogP contribution < -0.4 is 5.32 Å². The maximum Gasteiger partial charge on any atom is 0.259 e. The first-order valence-electron chi connectivity index (χ1n) is 7.69. The summed E-state index contributed by atoms with van der Waals surface area (Å²) in [6, 6.07) is 12.9. The number of rotatable bonds is 4. The summed E-state index contributed by atoms with van der Waals surface area (Å²) < 4.78 is 0. The van der Waals surface area contributed by atoms with E-state index in [0.717, 1.165) is 17.0 Å². The average molecular weight is 329 g/mol. The van der Waals surface area contributed by atoms with Crippen LogP contribution in [-0.4, -0.2) is 16.8 Å². The molecule has 0 aliphatic rings. The third-order valence-electron chi connectivity index (χ3n) is 3.53. The number of phenolic OH excluding ortho intramolecular Hbond substituents is 1. The number of thioether (sulfide) groups is 1. The topological polar surface area (TPSA) is 49.3 Å². The molecule has 0 unspecified atom stereocenters. The summed E-state index contributed by atoms with van der Waals surface area (Å²) in [6.45, 7) is 8.33. The van der Waals surface area contributed by atoms with Crippen molar-refractivity contribution in [2.24, 2.45) is 0 Å². The zero-order valence-electron chi connectivity index (χ0n) is 14.0. The van der Waals surface area contributed by atoms with Crippen LogP contribution in [0.5, 0.6) is 5.75 Å². The Kier molecular flexibility index (Phi) is 5.37. The van der Waals surface area contributed by atoms with Crippen molar-refractivity contribution in [2.75, 3.05) is 11.1 Å². The Morgan fingerprint density at radius 2 is 1.78 bits per heavy atom. The molecular weight excluding hydrogens is 306 g/mol. The van der Waals surface area contributed by atoms with Crippen LogP contribution in [0.2, 0.25) is 0 Å². The molecular formula is C19H23NO2S. The Morgan fingerprint density at radius 1 is 1.13 bits per heavy atom. The van der Waals surface area contributed by atoms with E-state index in [9.17, 15) is 9.90 Å². The Bertz CT molecular complexity index is 688. The summed E-state index contributed by atoms with van der Waals surface area (Å²) in [5.41, 5.74) is 1.94. The molecule has 0 fully saturated rings. The molecule has 0 aliphatic carbocycles. The van der Waals surface area contributed by atoms with E-state index in [0.29, 0.717) is 5.56 Å². The van der Waals surface area contributed by atoms with Crippen LogP contribution in [0.25, 0.3) is 0 Å². The summed E-state index contributed by atoms with van der Waals surface area (Å²) >= 11 is 1.75. The number of benzene rings is 2. The smallest absolute Gasteiger partial charge is 0.259 e. The van der Waals surface area contributed by atoms with E-state index in [4.69, 9.17) is 0 Å². The van der Waals surface area contributed by atoms with Gasteiger partial charge >= 0.3 is 0 Å². The summed E-state index contributed by atoms with van der Waals surface area (Å²) in [4.78, 5) is 13.6. The van der Waals surface area contributed by atoms with Crippen molar-refractivity contribution < 1.29 is 9.90 Å². The third kappa shape index (κ3) is 4.52. The van der Waals surface area contributed by atoms with Crippen LogP contribution in [0.3, 0.4) is 0 Å². The van der Waals surface area contributed by atoms with E-state index >= 15 is 0 Å². The molecule has 1 amide bonds. The van der Waals surface area contributed by atoms with Gasteiger partial charge in [-0.3, -0.25) is 4.79 Å². The third-order valence-corrected chi connectivity index (χ3v) is 4.42. The number of carbonyl (C=O) groups excluding carboxylic acids is 1. The number of phenols is 1. The molecule has 0 aromatic heterocycles. The van der Waals surface area contributed by atoms with Gasteiger partial charge < -0.3 is 10.4 Å². The quantitative estimate of drug-likeness (QED) is 0.771. The molecule has 4 heteroatoms. The summed E-state index contributed by atoms with van der Waals surface area (Å²) in [5.74, 6) is 0.706. The first-order valence-corrected chi connectivity index (χ1v) is 8.67. The molecule has 0 saturated carbocycles. The molecule has 0 atom stereocenters. The van der Waals surface area contributed by atoms with Crippen LogP contribution >= 0.6 is 11.8 Å². The normalized spacial score (nSPS) is 11.3. The van der Waals surface area contributed by atoms with E-state index in [2.05, 4.69) is 33.0 Å². The monoisotopic (exact) mass is 329 g/mol. The lowest BCUT2D eigenvalue weighted by atomic mass is 9.86. The second-order valence-corrected chi connectivity index (χ2v) is 7.73. The van der Waals surface area contributed by atoms with Gasteiger partial charge in [-0.2, -0.15) is 0 Å². The number of amides is 1. The lowest BCUT2D eigenvalue weighted by Gasteiger charge is -2.20. The molecule has 0 aliphatic heterocycles. The zero-order chi connectivity index (χ0) is 17.0. The van der Waals surface area contributed by atoms with E-state index < -0.39 is 0 Å². The van der Waals surface area contributed by atoms with Gasteiger partial charge in [-0.25, -0.2) is 0 Å². The molecule has 2 rings (SSSR count). The summed E-state index contributed by atoms with van der Waals surface area (Å²) in [5, 5.41) is 12.8. The maximum atomic E-state index is 12.4. The number of anilines is 1. The zero-order valence-corrected chi connectivity index (χ0v) is 14.8. The van der Waals surface area contributed by atoms with E-state index in [-0.39, 0.29) is 17.1 Å². The van der Waals surface area contributed by atoms with Gasteiger partial charge in [-0.15, -0.1) is 11.8 Å². The highest BCUT2D eigenvalue weighted by Crippen LogP contribution is 2.28. The van der Waals surface area contributed by atoms with Crippen molar-refractivity contribution in [2.45, 2.75) is 38.0 Å². The Labute approximate surface area is 142 Å². The highest BCUT2D eigenvalue weighted by atomic mass is 32.2. The Morgan fingerprint density at radius 3 is 2.35 bits per heavy atom. The van der Waals surface area contributed by atoms with Crippen molar-refractivity contribution >= 4 is 23.4 Å². The van der Waals surface area contributed by atoms with Gasteiger partial charge in [0.2, 0.25) is 0 Å². The highest BCUT2D eigenvalue weighted by molar-refractivity contribution is 7.99. The number of hydrogen-bond acceptors (Lipinski definition) is 3. The van der Waals surface area contributed by atoms with Crippen LogP contribution in [0.1, 0.15) is 43.6 Å². The van der Waals surface area contributed by atoms with Crippen LogP contribution in [0, 0.1) is 0 Å². The van der Waals surface area contributed by atoms with Gasteiger partial charge in [0, 0.05) is 10.6 Å². The van der Waals surface area contributed by atoms with Gasteiger partial charge in [0.25, 0.3) is 5.91 Å². The molecule has 3 nitrogen and oxygen atoms in total. The van der Waals surface area contributed by atoms with Gasteiger partial charge in [0.1, 0.15) is 5.75 Å². The van der Waals surface area contributed by atoms with Gasteiger partial charge in [0.05, 0.1) is 5.56 Å². The first-order chi connectivity index (χ1) is 10.8. The van der Waals surface area contributed by atoms with Crippen molar-refractivity contribution in [3.8, 4) is 5.75 Å². The number of nitrogens with one attached hydrogen (secondary N) is 1. The fourth-order valence-electron chi connectivity index (χ4n) is 2.18. The predicted molar refractivity (Wildman–Crippen MR) is 97.6 cm³/mol. The molecule has 2 aromatic rings. The second-order valence-electron chi connectivity index (χ2n) is 6.39. The van der Waals surface area contributed by atoms with E-state index in [1.54, 1.807) is 23.9 Å². The number of carbonyl (C=O) groups is 1. The minimum atomic E-state index is -0.301. The Hall–Kier alpha value is -1.94. The van der Waals surface area contributed by atoms with Crippen LogP contribution in [0.4, 0.5) is 5.69 Å². The number of hydrogen-bond donors (Lipinski definition) is 2. The minimum absolute atomic E-state index is 0.00587. The maximum absolute atomic E-state index is 12.4. The molecule has 0 heterocycles. The standard InChI is InChI=1S/C19H23NO2S/c1-5-23-15-9-7-14(8-10-15)20-18(22)16-12-13(19(2,3)4)6-11-17(16)21/h6-12,21H,5H2,1-4H3,(H,20,22). The average Bonchev–Trinajstić information content (AvgIpc) is 2.48. The lowest BCUT2D eigenvalue weighted by Crippen LogP contribution is -2.16. The minimum Gasteiger partial charge on any atom is -0.507 e. The SMILES string of the molecule is CCSc1ccc(NC(=O)c2cc(C(C)(C)C)ccc2O)cc1. The summed E-state index contributed by atoms with van der Waals surface area (Å²) in [6.07, 6.45) is 0. The van der Waals surface area contributed by atoms with Gasteiger partial charge in [0.15, 0.2) is 0 Å². The van der Waals surface area contributed by atoms with Crippen molar-refractivity contribution in [3.63, 3.8) is 0 Å². The second kappa shape index (κ2) is 7.09. The molecule has 2 aromatic carbocycles. The molecule has 0 spiro atoms. The van der Waals surface area contributed by atoms with Crippen molar-refractivity contribution in [3.05, 3.63) is 53.6 Å². The van der Waals surface area contributed by atoms with Gasteiger partial charge in [-0.1, -0.05) is 33.8 Å². The fraction of sp³-hybridized carbons (Fsp3) is 0.316. The van der Waals surface area contributed by atoms with Crippen molar-refractivity contribution in [1.82, 2.24) is 0 Å². The fourth-order valence-corrected chi connectivity index (χ4v) is 2.85. The number of aromatic hydroxyl groups is 1. The largest absolute Gasteiger partial charge is 0.507 e. The first kappa shape index (κ1) is 17.4. The van der Waals surface area contributed by atoms with Crippen LogP contribution in [0.15, 0.2) is 47.4 Å². The van der Waals surface area contributed by atoms with Crippen molar-refractivity contribution in [1.29, 1.82) is 0 Å². The highest BCUT2D eigenvalue weighted by Gasteiger charge is 2.18. The molecule has 0 saturated heterocycles. The van der Waals surface area contributed by atoms with Gasteiger partial charge in [-0.05, 0) is 53.1 Å². The molecule has 0 bridgehead atoms. The molecule has 23 heavy (non-hydrogen) atoms.